The molecule has 222 valence electrons. The topological polar surface area (TPSA) is 150 Å². The zero-order chi connectivity index (χ0) is 30.3. The predicted molar refractivity (Wildman–Crippen MR) is 155 cm³/mol. The van der Waals surface area contributed by atoms with E-state index in [0.29, 0.717) is 25.1 Å². The molecule has 41 heavy (non-hydrogen) atoms. The molecule has 11 heteroatoms. The number of ether oxygens (including phenoxy) is 1. The van der Waals surface area contributed by atoms with Gasteiger partial charge in [-0.2, -0.15) is 0 Å². The Hall–Kier alpha value is -3.83. The smallest absolute Gasteiger partial charge is 0.316 e. The summed E-state index contributed by atoms with van der Waals surface area (Å²) < 4.78 is 5.59. The van der Waals surface area contributed by atoms with E-state index < -0.39 is 35.5 Å². The van der Waals surface area contributed by atoms with E-state index in [1.54, 1.807) is 33.8 Å². The Balaban J connectivity index is 0.00000226. The van der Waals surface area contributed by atoms with Crippen LogP contribution in [0.25, 0.3) is 17.0 Å². The summed E-state index contributed by atoms with van der Waals surface area (Å²) in [4.78, 5) is 57.0. The van der Waals surface area contributed by atoms with Gasteiger partial charge in [0.2, 0.25) is 5.91 Å². The van der Waals surface area contributed by atoms with Gasteiger partial charge in [0.1, 0.15) is 12.1 Å². The van der Waals surface area contributed by atoms with E-state index in [1.807, 2.05) is 43.3 Å². The summed E-state index contributed by atoms with van der Waals surface area (Å²) in [5.74, 6) is -1.71. The molecule has 1 fully saturated rings. The third kappa shape index (κ3) is 7.68. The molecule has 3 heterocycles. The molecule has 0 aliphatic carbocycles. The Morgan fingerprint density at radius 2 is 1.71 bits per heavy atom. The molecule has 3 amide bonds. The highest BCUT2D eigenvalue weighted by Gasteiger charge is 2.34. The molecule has 1 saturated heterocycles. The van der Waals surface area contributed by atoms with Gasteiger partial charge in [0.25, 0.3) is 11.8 Å². The fourth-order valence-corrected chi connectivity index (χ4v) is 4.59. The first-order valence-corrected chi connectivity index (χ1v) is 13.9. The maximum atomic E-state index is 13.1. The predicted octanol–water partition coefficient (Wildman–Crippen LogP) is 2.40. The molecule has 1 aromatic heterocycles. The van der Waals surface area contributed by atoms with Gasteiger partial charge in [-0.1, -0.05) is 37.3 Å². The van der Waals surface area contributed by atoms with Crippen LogP contribution in [0.15, 0.2) is 36.4 Å². The summed E-state index contributed by atoms with van der Waals surface area (Å²) in [7, 11) is 1.00. The van der Waals surface area contributed by atoms with Crippen LogP contribution in [-0.2, 0) is 23.9 Å². The Morgan fingerprint density at radius 1 is 1.02 bits per heavy atom. The molecule has 11 nitrogen and oxygen atoms in total. The number of esters is 1. The zero-order valence-corrected chi connectivity index (χ0v) is 24.6. The summed E-state index contributed by atoms with van der Waals surface area (Å²) in [6.45, 7) is 9.02. The molecule has 1 aromatic carbocycles. The van der Waals surface area contributed by atoms with Crippen molar-refractivity contribution in [3.63, 3.8) is 0 Å². The van der Waals surface area contributed by atoms with Gasteiger partial charge in [-0.3, -0.25) is 29.2 Å². The summed E-state index contributed by atoms with van der Waals surface area (Å²) >= 11 is 0. The van der Waals surface area contributed by atoms with E-state index in [0.717, 1.165) is 23.6 Å². The van der Waals surface area contributed by atoms with Crippen molar-refractivity contribution in [2.45, 2.75) is 78.1 Å². The van der Waals surface area contributed by atoms with Crippen LogP contribution in [0.4, 0.5) is 0 Å². The van der Waals surface area contributed by atoms with Crippen molar-refractivity contribution < 1.29 is 29.0 Å². The van der Waals surface area contributed by atoms with Gasteiger partial charge in [0.05, 0.1) is 22.7 Å². The number of carbonyl (C=O) groups excluding carboxylic acids is 4. The molecule has 3 unspecified atom stereocenters. The number of hydrogen-bond acceptors (Lipinski definition) is 8. The van der Waals surface area contributed by atoms with Crippen LogP contribution in [0.2, 0.25) is 0 Å². The largest absolute Gasteiger partial charge is 0.452 e. The molecule has 2 aliphatic heterocycles. The van der Waals surface area contributed by atoms with Crippen molar-refractivity contribution in [3.8, 4) is 0 Å². The molecule has 4 N–H and O–H groups in total. The molecule has 0 saturated carbocycles. The number of rotatable bonds is 1. The maximum Gasteiger partial charge on any atom is 0.316 e. The SMILES string of the molecule is CCC1OC(=O)C(C)(C)/C=C/c2ccc3ccc(nc3c2)[C@@H](C)NC(=O)C2CCCN(N2)C(=O)C(C)NC1=O.CO. The van der Waals surface area contributed by atoms with E-state index in [4.69, 9.17) is 14.8 Å². The lowest BCUT2D eigenvalue weighted by Gasteiger charge is -2.35. The van der Waals surface area contributed by atoms with Crippen LogP contribution in [0, 0.1) is 5.41 Å². The molecule has 4 rings (SSSR count). The molecular formula is C30H41N5O6. The highest BCUT2D eigenvalue weighted by molar-refractivity contribution is 5.91. The van der Waals surface area contributed by atoms with Crippen LogP contribution >= 0.6 is 0 Å². The average Bonchev–Trinajstić information content (AvgIpc) is 2.98. The minimum Gasteiger partial charge on any atom is -0.452 e. The Kier molecular flexibility index (Phi) is 10.6. The van der Waals surface area contributed by atoms with E-state index in [1.165, 1.54) is 5.01 Å². The fourth-order valence-electron chi connectivity index (χ4n) is 4.59. The highest BCUT2D eigenvalue weighted by Crippen LogP contribution is 2.25. The van der Waals surface area contributed by atoms with Gasteiger partial charge in [-0.05, 0) is 64.7 Å². The lowest BCUT2D eigenvalue weighted by molar-refractivity contribution is -0.162. The lowest BCUT2D eigenvalue weighted by atomic mass is 9.92. The number of carbonyl (C=O) groups is 4. The molecule has 2 aliphatic rings. The van der Waals surface area contributed by atoms with Crippen molar-refractivity contribution in [2.75, 3.05) is 13.7 Å². The van der Waals surface area contributed by atoms with Crippen molar-refractivity contribution in [1.82, 2.24) is 26.1 Å². The van der Waals surface area contributed by atoms with Gasteiger partial charge < -0.3 is 20.5 Å². The van der Waals surface area contributed by atoms with Crippen molar-refractivity contribution in [1.29, 1.82) is 0 Å². The zero-order valence-electron chi connectivity index (χ0n) is 24.6. The first-order valence-electron chi connectivity index (χ1n) is 13.9. The van der Waals surface area contributed by atoms with Crippen LogP contribution in [0.5, 0.6) is 0 Å². The number of nitrogens with one attached hydrogen (secondary N) is 3. The normalized spacial score (nSPS) is 26.3. The second-order valence-corrected chi connectivity index (χ2v) is 10.8. The highest BCUT2D eigenvalue weighted by atomic mass is 16.5. The molecule has 2 aromatic rings. The van der Waals surface area contributed by atoms with Crippen LogP contribution < -0.4 is 16.1 Å². The summed E-state index contributed by atoms with van der Waals surface area (Å²) in [5.41, 5.74) is 4.31. The molecule has 0 radical (unpaired) electrons. The van der Waals surface area contributed by atoms with E-state index in [9.17, 15) is 19.2 Å². The van der Waals surface area contributed by atoms with Gasteiger partial charge >= 0.3 is 5.97 Å². The van der Waals surface area contributed by atoms with Gasteiger partial charge in [-0.25, -0.2) is 5.43 Å². The van der Waals surface area contributed by atoms with Gasteiger partial charge in [0, 0.05) is 19.0 Å². The second-order valence-electron chi connectivity index (χ2n) is 10.8. The van der Waals surface area contributed by atoms with Crippen LogP contribution in [0.3, 0.4) is 0 Å². The maximum absolute atomic E-state index is 13.1. The third-order valence-electron chi connectivity index (χ3n) is 7.17. The Morgan fingerprint density at radius 3 is 2.41 bits per heavy atom. The lowest BCUT2D eigenvalue weighted by Crippen LogP contribution is -2.61. The fraction of sp³-hybridized carbons (Fsp3) is 0.500. The number of aliphatic hydroxyl groups is 1. The molecule has 4 atom stereocenters. The van der Waals surface area contributed by atoms with E-state index in [2.05, 4.69) is 16.1 Å². The second kappa shape index (κ2) is 13.7. The number of fused-ring (bicyclic) bond motifs is 4. The number of aromatic nitrogens is 1. The monoisotopic (exact) mass is 567 g/mol. The number of cyclic esters (lactones) is 1. The number of amides is 3. The average molecular weight is 568 g/mol. The van der Waals surface area contributed by atoms with Crippen molar-refractivity contribution >= 4 is 40.7 Å². The number of hydrazine groups is 1. The molecule has 0 spiro atoms. The number of hydrogen-bond donors (Lipinski definition) is 4. The number of nitrogens with zero attached hydrogens (tertiary/aromatic N) is 2. The van der Waals surface area contributed by atoms with E-state index >= 15 is 0 Å². The van der Waals surface area contributed by atoms with E-state index in [-0.39, 0.29) is 24.3 Å². The number of pyridine rings is 1. The van der Waals surface area contributed by atoms with Crippen molar-refractivity contribution in [2.24, 2.45) is 5.41 Å². The summed E-state index contributed by atoms with van der Waals surface area (Å²) in [5, 5.41) is 15.0. The first kappa shape index (κ1) is 31.7. The minimum absolute atomic E-state index is 0.235. The van der Waals surface area contributed by atoms with Crippen LogP contribution in [0.1, 0.15) is 71.2 Å². The quantitative estimate of drug-likeness (QED) is 0.384. The van der Waals surface area contributed by atoms with Gasteiger partial charge in [-0.15, -0.1) is 0 Å². The number of benzene rings is 1. The summed E-state index contributed by atoms with van der Waals surface area (Å²) in [6.07, 6.45) is 3.95. The van der Waals surface area contributed by atoms with Crippen molar-refractivity contribution in [3.05, 3.63) is 47.7 Å². The first-order chi connectivity index (χ1) is 19.5. The molecular weight excluding hydrogens is 526 g/mol. The minimum atomic E-state index is -1.05. The third-order valence-corrected chi connectivity index (χ3v) is 7.17. The Labute approximate surface area is 240 Å². The number of aliphatic hydroxyl groups excluding tert-OH is 1. The molecule has 5 bridgehead atoms. The standard InChI is InChI=1S/C29H37N5O5.CH4O/c1-6-24-26(36)31-18(3)27(37)34-15-7-8-22(33-34)25(35)30-17(2)21-12-11-20-10-9-19(16-23(20)32-21)13-14-29(4,5)28(38)39-24;1-2/h9-14,16-18,22,24,33H,6-8,15H2,1-5H3,(H,30,35)(H,31,36);2H,1H3/b14-13+;/t17-,18?,22?,24?;/m1./s1. The summed E-state index contributed by atoms with van der Waals surface area (Å²) in [6, 6.07) is 7.80. The van der Waals surface area contributed by atoms with Gasteiger partial charge in [0.15, 0.2) is 6.10 Å². The Bertz CT molecular complexity index is 1310. The van der Waals surface area contributed by atoms with Crippen LogP contribution in [-0.4, -0.2) is 70.6 Å².